The highest BCUT2D eigenvalue weighted by molar-refractivity contribution is 5.69. The number of aliphatic hydroxyl groups excluding tert-OH is 1. The van der Waals surface area contributed by atoms with Crippen LogP contribution in [-0.4, -0.2) is 41.9 Å². The van der Waals surface area contributed by atoms with Crippen molar-refractivity contribution in [2.45, 2.75) is 12.5 Å². The molecule has 4 nitrogen and oxygen atoms in total. The van der Waals surface area contributed by atoms with Crippen LogP contribution in [0.5, 0.6) is 0 Å². The first-order valence-electron chi connectivity index (χ1n) is 5.39. The summed E-state index contributed by atoms with van der Waals surface area (Å²) in [6.45, 7) is 0.949. The maximum atomic E-state index is 11.4. The normalized spacial score (nSPS) is 17.3. The van der Waals surface area contributed by atoms with Gasteiger partial charge >= 0.3 is 6.09 Å². The lowest BCUT2D eigenvalue weighted by Gasteiger charge is -2.23. The quantitative estimate of drug-likeness (QED) is 0.826. The van der Waals surface area contributed by atoms with Gasteiger partial charge in [-0.1, -0.05) is 30.3 Å². The van der Waals surface area contributed by atoms with E-state index in [1.165, 1.54) is 0 Å². The molecule has 1 amide bonds. The van der Waals surface area contributed by atoms with E-state index in [1.54, 1.807) is 4.90 Å². The molecule has 1 aromatic carbocycles. The number of hydrogen-bond acceptors (Lipinski definition) is 3. The summed E-state index contributed by atoms with van der Waals surface area (Å²) in [7, 11) is 0. The van der Waals surface area contributed by atoms with Gasteiger partial charge in [0, 0.05) is 0 Å². The van der Waals surface area contributed by atoms with Crippen molar-refractivity contribution >= 4 is 6.09 Å². The van der Waals surface area contributed by atoms with Gasteiger partial charge in [-0.05, 0) is 12.0 Å². The van der Waals surface area contributed by atoms with E-state index in [1.807, 2.05) is 30.3 Å². The molecule has 1 aliphatic heterocycles. The van der Waals surface area contributed by atoms with Gasteiger partial charge in [0.05, 0.1) is 19.2 Å². The molecule has 4 heteroatoms. The number of benzene rings is 1. The van der Waals surface area contributed by atoms with E-state index in [4.69, 9.17) is 4.74 Å². The van der Waals surface area contributed by atoms with Crippen LogP contribution < -0.4 is 0 Å². The second-order valence-corrected chi connectivity index (χ2v) is 3.83. The van der Waals surface area contributed by atoms with Crippen LogP contribution in [0, 0.1) is 0 Å². The number of rotatable bonds is 4. The molecule has 86 valence electrons. The first-order chi connectivity index (χ1) is 7.81. The number of carbonyl (C=O) groups is 1. The smallest absolute Gasteiger partial charge is 0.410 e. The van der Waals surface area contributed by atoms with Gasteiger partial charge in [0.15, 0.2) is 0 Å². The summed E-state index contributed by atoms with van der Waals surface area (Å²) < 4.78 is 4.86. The average Bonchev–Trinajstić information content (AvgIpc) is 2.74. The lowest BCUT2D eigenvalue weighted by molar-refractivity contribution is 0.126. The second-order valence-electron chi connectivity index (χ2n) is 3.83. The van der Waals surface area contributed by atoms with Gasteiger partial charge in [0.2, 0.25) is 0 Å². The van der Waals surface area contributed by atoms with Crippen molar-refractivity contribution < 1.29 is 14.6 Å². The maximum Gasteiger partial charge on any atom is 0.410 e. The molecular formula is C12H15NO3. The molecule has 0 spiro atoms. The lowest BCUT2D eigenvalue weighted by Crippen LogP contribution is -2.40. The third-order valence-electron chi connectivity index (χ3n) is 2.76. The van der Waals surface area contributed by atoms with Crippen molar-refractivity contribution in [3.63, 3.8) is 0 Å². The molecule has 1 heterocycles. The minimum absolute atomic E-state index is 0.0377. The van der Waals surface area contributed by atoms with Crippen LogP contribution in [0.1, 0.15) is 5.56 Å². The lowest BCUT2D eigenvalue weighted by atomic mass is 10.1. The fourth-order valence-corrected chi connectivity index (χ4v) is 1.90. The summed E-state index contributed by atoms with van der Waals surface area (Å²) in [5.74, 6) is 0. The number of cyclic esters (lactones) is 1. The number of aliphatic hydroxyl groups is 1. The topological polar surface area (TPSA) is 49.8 Å². The van der Waals surface area contributed by atoms with Crippen molar-refractivity contribution in [3.8, 4) is 0 Å². The predicted octanol–water partition coefficient (Wildman–Crippen LogP) is 1.04. The van der Waals surface area contributed by atoms with Crippen molar-refractivity contribution in [2.24, 2.45) is 0 Å². The van der Waals surface area contributed by atoms with Gasteiger partial charge in [0.1, 0.15) is 6.61 Å². The molecule has 0 saturated carbocycles. The number of hydrogen-bond donors (Lipinski definition) is 1. The number of nitrogens with zero attached hydrogens (tertiary/aromatic N) is 1. The van der Waals surface area contributed by atoms with E-state index in [2.05, 4.69) is 0 Å². The fourth-order valence-electron chi connectivity index (χ4n) is 1.90. The highest BCUT2D eigenvalue weighted by Crippen LogP contribution is 2.13. The van der Waals surface area contributed by atoms with E-state index < -0.39 is 0 Å². The van der Waals surface area contributed by atoms with Gasteiger partial charge in [-0.2, -0.15) is 0 Å². The van der Waals surface area contributed by atoms with Crippen molar-refractivity contribution in [2.75, 3.05) is 19.8 Å². The standard InChI is InChI=1S/C12H15NO3/c14-9-11(13-6-7-16-12(13)15)8-10-4-2-1-3-5-10/h1-5,11,14H,6-9H2/t11-/m1/s1. The predicted molar refractivity (Wildman–Crippen MR) is 59.1 cm³/mol. The molecule has 1 aliphatic rings. The average molecular weight is 221 g/mol. The first-order valence-corrected chi connectivity index (χ1v) is 5.39. The molecule has 2 rings (SSSR count). The molecule has 0 aromatic heterocycles. The molecular weight excluding hydrogens is 206 g/mol. The van der Waals surface area contributed by atoms with Gasteiger partial charge in [-0.3, -0.25) is 4.90 Å². The maximum absolute atomic E-state index is 11.4. The molecule has 1 atom stereocenters. The minimum Gasteiger partial charge on any atom is -0.448 e. The Morgan fingerprint density at radius 2 is 2.12 bits per heavy atom. The van der Waals surface area contributed by atoms with E-state index >= 15 is 0 Å². The summed E-state index contributed by atoms with van der Waals surface area (Å²) >= 11 is 0. The third-order valence-corrected chi connectivity index (χ3v) is 2.76. The fraction of sp³-hybridized carbons (Fsp3) is 0.417. The van der Waals surface area contributed by atoms with Gasteiger partial charge in [0.25, 0.3) is 0 Å². The van der Waals surface area contributed by atoms with E-state index in [0.29, 0.717) is 19.6 Å². The van der Waals surface area contributed by atoms with Crippen LogP contribution in [0.4, 0.5) is 4.79 Å². The van der Waals surface area contributed by atoms with Gasteiger partial charge < -0.3 is 9.84 Å². The monoisotopic (exact) mass is 221 g/mol. The Labute approximate surface area is 94.4 Å². The van der Waals surface area contributed by atoms with Crippen LogP contribution in [0.25, 0.3) is 0 Å². The Morgan fingerprint density at radius 3 is 2.69 bits per heavy atom. The molecule has 1 aromatic rings. The SMILES string of the molecule is O=C1OCCN1[C@@H](CO)Cc1ccccc1. The molecule has 16 heavy (non-hydrogen) atoms. The summed E-state index contributed by atoms with van der Waals surface area (Å²) in [6.07, 6.45) is 0.335. The van der Waals surface area contributed by atoms with Gasteiger partial charge in [-0.15, -0.1) is 0 Å². The zero-order valence-corrected chi connectivity index (χ0v) is 9.00. The van der Waals surface area contributed by atoms with E-state index in [9.17, 15) is 9.90 Å². The van der Waals surface area contributed by atoms with E-state index in [0.717, 1.165) is 5.56 Å². The highest BCUT2D eigenvalue weighted by Gasteiger charge is 2.29. The summed E-state index contributed by atoms with van der Waals surface area (Å²) in [5, 5.41) is 9.32. The Morgan fingerprint density at radius 1 is 1.38 bits per heavy atom. The Hall–Kier alpha value is -1.55. The second kappa shape index (κ2) is 4.99. The molecule has 1 fully saturated rings. The van der Waals surface area contributed by atoms with Crippen molar-refractivity contribution in [3.05, 3.63) is 35.9 Å². The Balaban J connectivity index is 2.03. The third kappa shape index (κ3) is 2.33. The first kappa shape index (κ1) is 11.0. The zero-order valence-electron chi connectivity index (χ0n) is 9.00. The van der Waals surface area contributed by atoms with Crippen LogP contribution in [0.3, 0.4) is 0 Å². The largest absolute Gasteiger partial charge is 0.448 e. The number of ether oxygens (including phenoxy) is 1. The molecule has 0 aliphatic carbocycles. The van der Waals surface area contributed by atoms with Crippen LogP contribution in [-0.2, 0) is 11.2 Å². The van der Waals surface area contributed by atoms with Crippen molar-refractivity contribution in [1.82, 2.24) is 4.90 Å². The zero-order chi connectivity index (χ0) is 11.4. The minimum atomic E-state index is -0.324. The molecule has 0 bridgehead atoms. The summed E-state index contributed by atoms with van der Waals surface area (Å²) in [6, 6.07) is 9.64. The van der Waals surface area contributed by atoms with Crippen LogP contribution >= 0.6 is 0 Å². The van der Waals surface area contributed by atoms with Crippen molar-refractivity contribution in [1.29, 1.82) is 0 Å². The van der Waals surface area contributed by atoms with Crippen LogP contribution in [0.15, 0.2) is 30.3 Å². The highest BCUT2D eigenvalue weighted by atomic mass is 16.6. The molecule has 0 radical (unpaired) electrons. The Kier molecular flexibility index (Phi) is 3.41. The summed E-state index contributed by atoms with van der Waals surface area (Å²) in [4.78, 5) is 12.9. The molecule has 1 saturated heterocycles. The van der Waals surface area contributed by atoms with Crippen LogP contribution in [0.2, 0.25) is 0 Å². The molecule has 0 unspecified atom stereocenters. The summed E-state index contributed by atoms with van der Waals surface area (Å²) in [5.41, 5.74) is 1.11. The number of carbonyl (C=O) groups excluding carboxylic acids is 1. The molecule has 1 N–H and O–H groups in total. The number of amides is 1. The Bertz CT molecular complexity index is 353. The van der Waals surface area contributed by atoms with E-state index in [-0.39, 0.29) is 18.7 Å². The van der Waals surface area contributed by atoms with Gasteiger partial charge in [-0.25, -0.2) is 4.79 Å².